The van der Waals surface area contributed by atoms with Crippen molar-refractivity contribution < 1.29 is 18.4 Å². The average molecular weight is 567 g/mol. The van der Waals surface area contributed by atoms with E-state index in [0.29, 0.717) is 31.0 Å². The van der Waals surface area contributed by atoms with E-state index >= 15 is 0 Å². The molecule has 0 atom stereocenters. The molecule has 0 spiro atoms. The fourth-order valence-electron chi connectivity index (χ4n) is 5.82. The second kappa shape index (κ2) is 10.7. The highest BCUT2D eigenvalue weighted by Crippen LogP contribution is 2.41. The minimum Gasteiger partial charge on any atom is -0.366 e. The van der Waals surface area contributed by atoms with Gasteiger partial charge in [0.15, 0.2) is 11.5 Å². The number of alkyl halides is 2. The van der Waals surface area contributed by atoms with Gasteiger partial charge in [0.1, 0.15) is 6.54 Å². The molecule has 3 aliphatic rings. The number of piperazine rings is 1. The Hall–Kier alpha value is -4.12. The van der Waals surface area contributed by atoms with Gasteiger partial charge in [-0.15, -0.1) is 0 Å². The molecule has 216 valence electrons. The van der Waals surface area contributed by atoms with E-state index in [9.17, 15) is 23.6 Å². The van der Waals surface area contributed by atoms with Crippen LogP contribution in [0.2, 0.25) is 0 Å². The standard InChI is InChI=1S/C27H32F2N10O2/c1-34-7-9-35(10-8-34)23(40)16-38-13-19(12-31-38)11-22-32-25-21(3-2-6-39(25)33-22)37-17-27(18-37,4-5-30)26(41)36-14-20(15-36)24(28)29/h2-3,6,12-13,20,24H,4,7-11,14-18H2,1H3. The van der Waals surface area contributed by atoms with Gasteiger partial charge >= 0.3 is 0 Å². The van der Waals surface area contributed by atoms with Crippen LogP contribution in [0.5, 0.6) is 0 Å². The number of hydrogen-bond acceptors (Lipinski definition) is 8. The van der Waals surface area contributed by atoms with Crippen LogP contribution in [-0.2, 0) is 22.6 Å². The lowest BCUT2D eigenvalue weighted by molar-refractivity contribution is -0.154. The van der Waals surface area contributed by atoms with E-state index in [2.05, 4.69) is 21.2 Å². The molecule has 0 saturated carbocycles. The largest absolute Gasteiger partial charge is 0.366 e. The summed E-state index contributed by atoms with van der Waals surface area (Å²) < 4.78 is 29.2. The number of rotatable bonds is 8. The highest BCUT2D eigenvalue weighted by atomic mass is 19.3. The minimum atomic E-state index is -2.44. The molecule has 3 fully saturated rings. The second-order valence-electron chi connectivity index (χ2n) is 11.4. The Balaban J connectivity index is 1.11. The zero-order valence-corrected chi connectivity index (χ0v) is 22.9. The van der Waals surface area contributed by atoms with Crippen molar-refractivity contribution in [1.82, 2.24) is 39.1 Å². The number of carbonyl (C=O) groups is 2. The lowest BCUT2D eigenvalue weighted by atomic mass is 9.74. The normalized spacial score (nSPS) is 19.3. The van der Waals surface area contributed by atoms with Crippen LogP contribution in [0, 0.1) is 22.7 Å². The Kier molecular flexibility index (Phi) is 7.06. The first-order chi connectivity index (χ1) is 19.7. The van der Waals surface area contributed by atoms with Crippen LogP contribution in [0.25, 0.3) is 5.65 Å². The Morgan fingerprint density at radius 1 is 1.17 bits per heavy atom. The Labute approximate surface area is 235 Å². The van der Waals surface area contributed by atoms with Crippen LogP contribution in [0.1, 0.15) is 17.8 Å². The van der Waals surface area contributed by atoms with Gasteiger partial charge in [0.2, 0.25) is 18.2 Å². The maximum Gasteiger partial charge on any atom is 0.244 e. The van der Waals surface area contributed by atoms with Gasteiger partial charge in [-0.1, -0.05) is 0 Å². The molecule has 0 unspecified atom stereocenters. The Morgan fingerprint density at radius 2 is 1.93 bits per heavy atom. The van der Waals surface area contributed by atoms with Crippen molar-refractivity contribution in [3.05, 3.63) is 42.1 Å². The molecule has 3 aromatic rings. The fourth-order valence-corrected chi connectivity index (χ4v) is 5.82. The number of fused-ring (bicyclic) bond motifs is 1. The topological polar surface area (TPSA) is 119 Å². The first kappa shape index (κ1) is 27.1. The number of likely N-dealkylation sites (tertiary alicyclic amines) is 1. The van der Waals surface area contributed by atoms with Gasteiger partial charge in [0.25, 0.3) is 0 Å². The van der Waals surface area contributed by atoms with Crippen molar-refractivity contribution in [2.24, 2.45) is 11.3 Å². The summed E-state index contributed by atoms with van der Waals surface area (Å²) in [6.45, 7) is 4.05. The SMILES string of the molecule is CN1CCN(C(=O)Cn2cc(Cc3nc4c(N5CC(CC#N)(C(=O)N6CC(C(F)F)C6)C5)cccn4n3)cn2)CC1. The summed E-state index contributed by atoms with van der Waals surface area (Å²) in [7, 11) is 2.05. The number of amides is 2. The summed E-state index contributed by atoms with van der Waals surface area (Å²) in [6, 6.07) is 5.85. The monoisotopic (exact) mass is 566 g/mol. The zero-order valence-electron chi connectivity index (χ0n) is 22.9. The molecule has 6 rings (SSSR count). The van der Waals surface area contributed by atoms with Gasteiger partial charge in [0, 0.05) is 71.2 Å². The molecule has 3 saturated heterocycles. The first-order valence-electron chi connectivity index (χ1n) is 13.8. The molecular formula is C27H32F2N10O2. The first-order valence-corrected chi connectivity index (χ1v) is 13.8. The van der Waals surface area contributed by atoms with Crippen LogP contribution in [0.15, 0.2) is 30.7 Å². The van der Waals surface area contributed by atoms with E-state index in [4.69, 9.17) is 4.98 Å². The Morgan fingerprint density at radius 3 is 2.63 bits per heavy atom. The van der Waals surface area contributed by atoms with Crippen molar-refractivity contribution in [1.29, 1.82) is 5.26 Å². The minimum absolute atomic E-state index is 0.0283. The molecular weight excluding hydrogens is 534 g/mol. The summed E-state index contributed by atoms with van der Waals surface area (Å²) in [5, 5.41) is 18.4. The third-order valence-corrected chi connectivity index (χ3v) is 8.34. The molecule has 0 N–H and O–H groups in total. The number of likely N-dealkylation sites (N-methyl/N-ethyl adjacent to an activating group) is 1. The molecule has 14 heteroatoms. The van der Waals surface area contributed by atoms with E-state index in [-0.39, 0.29) is 37.9 Å². The molecule has 3 aliphatic heterocycles. The quantitative estimate of drug-likeness (QED) is 0.392. The van der Waals surface area contributed by atoms with E-state index < -0.39 is 17.8 Å². The van der Waals surface area contributed by atoms with Crippen LogP contribution < -0.4 is 4.90 Å². The third-order valence-electron chi connectivity index (χ3n) is 8.34. The molecule has 41 heavy (non-hydrogen) atoms. The van der Waals surface area contributed by atoms with Gasteiger partial charge in [-0.05, 0) is 24.7 Å². The molecule has 6 heterocycles. The van der Waals surface area contributed by atoms with Crippen LogP contribution in [-0.4, -0.2) is 117 Å². The van der Waals surface area contributed by atoms with Crippen molar-refractivity contribution >= 4 is 23.1 Å². The van der Waals surface area contributed by atoms with Crippen molar-refractivity contribution in [2.75, 3.05) is 64.3 Å². The van der Waals surface area contributed by atoms with Gasteiger partial charge in [0.05, 0.1) is 35.7 Å². The third kappa shape index (κ3) is 5.21. The predicted octanol–water partition coefficient (Wildman–Crippen LogP) is 0.734. The van der Waals surface area contributed by atoms with Gasteiger partial charge in [-0.25, -0.2) is 18.3 Å². The van der Waals surface area contributed by atoms with Crippen molar-refractivity contribution in [2.45, 2.75) is 25.8 Å². The zero-order chi connectivity index (χ0) is 28.7. The molecule has 3 aromatic heterocycles. The number of nitriles is 1. The summed E-state index contributed by atoms with van der Waals surface area (Å²) in [4.78, 5) is 38.0. The van der Waals surface area contributed by atoms with Gasteiger partial charge in [-0.2, -0.15) is 15.5 Å². The van der Waals surface area contributed by atoms with Crippen molar-refractivity contribution in [3.8, 4) is 6.07 Å². The summed E-state index contributed by atoms with van der Waals surface area (Å²) >= 11 is 0. The number of nitrogens with zero attached hydrogens (tertiary/aromatic N) is 10. The summed E-state index contributed by atoms with van der Waals surface area (Å²) in [5.74, 6) is -0.390. The maximum absolute atomic E-state index is 13.1. The van der Waals surface area contributed by atoms with Crippen molar-refractivity contribution in [3.63, 3.8) is 0 Å². The van der Waals surface area contributed by atoms with E-state index in [1.165, 1.54) is 4.90 Å². The molecule has 0 radical (unpaired) electrons. The molecule has 2 amide bonds. The number of anilines is 1. The van der Waals surface area contributed by atoms with E-state index in [1.807, 2.05) is 35.2 Å². The summed E-state index contributed by atoms with van der Waals surface area (Å²) in [5.41, 5.74) is 1.39. The average Bonchev–Trinajstić information content (AvgIpc) is 3.51. The van der Waals surface area contributed by atoms with Crippen LogP contribution in [0.3, 0.4) is 0 Å². The maximum atomic E-state index is 13.1. The second-order valence-corrected chi connectivity index (χ2v) is 11.4. The van der Waals surface area contributed by atoms with E-state index in [0.717, 1.165) is 37.4 Å². The van der Waals surface area contributed by atoms with E-state index in [1.54, 1.807) is 21.6 Å². The van der Waals surface area contributed by atoms with Gasteiger partial charge < -0.3 is 19.6 Å². The highest BCUT2D eigenvalue weighted by molar-refractivity contribution is 5.88. The van der Waals surface area contributed by atoms with Gasteiger partial charge in [-0.3, -0.25) is 14.3 Å². The summed E-state index contributed by atoms with van der Waals surface area (Å²) in [6.07, 6.45) is 3.37. The van der Waals surface area contributed by atoms with Crippen LogP contribution >= 0.6 is 0 Å². The number of carbonyl (C=O) groups excluding carboxylic acids is 2. The number of aromatic nitrogens is 5. The molecule has 0 bridgehead atoms. The molecule has 0 aliphatic carbocycles. The highest BCUT2D eigenvalue weighted by Gasteiger charge is 2.54. The number of hydrogen-bond donors (Lipinski definition) is 0. The number of halogens is 2. The molecule has 0 aromatic carbocycles. The molecule has 12 nitrogen and oxygen atoms in total. The lowest BCUT2D eigenvalue weighted by Gasteiger charge is -2.53. The number of pyridine rings is 1. The Bertz CT molecular complexity index is 1480. The lowest BCUT2D eigenvalue weighted by Crippen LogP contribution is -2.67. The smallest absolute Gasteiger partial charge is 0.244 e. The van der Waals surface area contributed by atoms with Crippen LogP contribution in [0.4, 0.5) is 14.5 Å². The predicted molar refractivity (Wildman–Crippen MR) is 143 cm³/mol. The fraction of sp³-hybridized carbons (Fsp3) is 0.556.